The van der Waals surface area contributed by atoms with Gasteiger partial charge in [0.2, 0.25) is 0 Å². The molecule has 0 radical (unpaired) electrons. The number of hydrogen-bond donors (Lipinski definition) is 2. The predicted molar refractivity (Wildman–Crippen MR) is 112 cm³/mol. The van der Waals surface area contributed by atoms with E-state index in [2.05, 4.69) is 20.2 Å². The number of nitrogens with one attached hydrogen (secondary N) is 2. The number of halogens is 1. The summed E-state index contributed by atoms with van der Waals surface area (Å²) in [5, 5.41) is 2.82. The smallest absolute Gasteiger partial charge is 0.317 e. The summed E-state index contributed by atoms with van der Waals surface area (Å²) in [6.45, 7) is 5.78. The van der Waals surface area contributed by atoms with E-state index in [1.165, 1.54) is 23.5 Å². The van der Waals surface area contributed by atoms with E-state index in [0.717, 1.165) is 23.5 Å². The third kappa shape index (κ3) is 4.30. The van der Waals surface area contributed by atoms with E-state index in [1.54, 1.807) is 17.0 Å². The van der Waals surface area contributed by atoms with Crippen molar-refractivity contribution in [3.8, 4) is 10.4 Å². The molecule has 1 aliphatic rings. The number of rotatable bonds is 4. The predicted octanol–water partition coefficient (Wildman–Crippen LogP) is 2.64. The summed E-state index contributed by atoms with van der Waals surface area (Å²) < 4.78 is 13.7. The molecule has 1 fully saturated rings. The highest BCUT2D eigenvalue weighted by Crippen LogP contribution is 2.30. The minimum absolute atomic E-state index is 0.0355. The van der Waals surface area contributed by atoms with Crippen LogP contribution in [0.4, 0.5) is 9.18 Å². The maximum atomic E-state index is 13.2. The number of nitrogens with zero attached hydrogens (tertiary/aromatic N) is 3. The van der Waals surface area contributed by atoms with Gasteiger partial charge in [0.1, 0.15) is 16.3 Å². The first-order chi connectivity index (χ1) is 14.0. The summed E-state index contributed by atoms with van der Waals surface area (Å²) in [7, 11) is 0. The number of benzene rings is 1. The Labute approximate surface area is 171 Å². The second kappa shape index (κ2) is 8.30. The van der Waals surface area contributed by atoms with Crippen LogP contribution in [0.2, 0.25) is 0 Å². The van der Waals surface area contributed by atoms with Gasteiger partial charge in [-0.1, -0.05) is 12.1 Å². The van der Waals surface area contributed by atoms with E-state index < -0.39 is 0 Å². The SMILES string of the molecule is CCNC(=O)N1CCN(Cc2nc3cc(-c4ccc(F)cc4)sc3c(=O)[nH]2)CC1. The third-order valence-corrected chi connectivity index (χ3v) is 6.09. The lowest BCUT2D eigenvalue weighted by molar-refractivity contribution is 0.134. The van der Waals surface area contributed by atoms with Gasteiger partial charge in [-0.25, -0.2) is 14.2 Å². The number of piperazine rings is 1. The second-order valence-corrected chi connectivity index (χ2v) is 8.00. The van der Waals surface area contributed by atoms with Gasteiger partial charge in [-0.15, -0.1) is 11.3 Å². The number of aromatic nitrogens is 2. The number of amides is 2. The highest BCUT2D eigenvalue weighted by atomic mass is 32.1. The van der Waals surface area contributed by atoms with Crippen LogP contribution in [0.5, 0.6) is 0 Å². The van der Waals surface area contributed by atoms with Gasteiger partial charge in [-0.2, -0.15) is 0 Å². The fourth-order valence-corrected chi connectivity index (χ4v) is 4.40. The van der Waals surface area contributed by atoms with Gasteiger partial charge in [0.05, 0.1) is 12.1 Å². The average Bonchev–Trinajstić information content (AvgIpc) is 3.14. The van der Waals surface area contributed by atoms with Crippen molar-refractivity contribution < 1.29 is 9.18 Å². The number of carbonyl (C=O) groups excluding carboxylic acids is 1. The number of fused-ring (bicyclic) bond motifs is 1. The van der Waals surface area contributed by atoms with E-state index in [0.29, 0.717) is 42.2 Å². The minimum atomic E-state index is -0.291. The first kappa shape index (κ1) is 19.5. The Kier molecular flexibility index (Phi) is 5.59. The van der Waals surface area contributed by atoms with Gasteiger partial charge in [-0.3, -0.25) is 9.69 Å². The Bertz CT molecular complexity index is 1070. The zero-order valence-electron chi connectivity index (χ0n) is 16.1. The molecule has 0 saturated carbocycles. The highest BCUT2D eigenvalue weighted by molar-refractivity contribution is 7.22. The molecule has 0 aliphatic carbocycles. The molecule has 0 atom stereocenters. The Morgan fingerprint density at radius 2 is 1.97 bits per heavy atom. The summed E-state index contributed by atoms with van der Waals surface area (Å²) in [6, 6.07) is 8.05. The van der Waals surface area contributed by atoms with Crippen LogP contribution in [0.15, 0.2) is 35.1 Å². The van der Waals surface area contributed by atoms with Gasteiger partial charge < -0.3 is 15.2 Å². The fourth-order valence-electron chi connectivity index (χ4n) is 3.40. The quantitative estimate of drug-likeness (QED) is 0.687. The number of H-pyrrole nitrogens is 1. The molecule has 9 heteroatoms. The van der Waals surface area contributed by atoms with Crippen molar-refractivity contribution in [1.82, 2.24) is 25.1 Å². The van der Waals surface area contributed by atoms with Gasteiger partial charge >= 0.3 is 6.03 Å². The molecule has 0 spiro atoms. The Balaban J connectivity index is 1.48. The molecule has 29 heavy (non-hydrogen) atoms. The van der Waals surface area contributed by atoms with Crippen molar-refractivity contribution in [3.63, 3.8) is 0 Å². The minimum Gasteiger partial charge on any atom is -0.338 e. The molecule has 0 unspecified atom stereocenters. The average molecular weight is 415 g/mol. The zero-order chi connectivity index (χ0) is 20.4. The van der Waals surface area contributed by atoms with E-state index in [4.69, 9.17) is 0 Å². The number of thiophene rings is 1. The lowest BCUT2D eigenvalue weighted by Gasteiger charge is -2.34. The molecule has 3 heterocycles. The lowest BCUT2D eigenvalue weighted by atomic mass is 10.2. The maximum Gasteiger partial charge on any atom is 0.317 e. The second-order valence-electron chi connectivity index (χ2n) is 6.94. The Morgan fingerprint density at radius 1 is 1.24 bits per heavy atom. The summed E-state index contributed by atoms with van der Waals surface area (Å²) >= 11 is 1.35. The molecule has 7 nitrogen and oxygen atoms in total. The zero-order valence-corrected chi connectivity index (χ0v) is 16.9. The van der Waals surface area contributed by atoms with Crippen LogP contribution in [0.1, 0.15) is 12.7 Å². The van der Waals surface area contributed by atoms with E-state index >= 15 is 0 Å². The molecule has 2 aromatic heterocycles. The van der Waals surface area contributed by atoms with Crippen molar-refractivity contribution >= 4 is 27.6 Å². The molecule has 2 amide bonds. The first-order valence-electron chi connectivity index (χ1n) is 9.57. The number of aromatic amines is 1. The van der Waals surface area contributed by atoms with Crippen LogP contribution in [0.25, 0.3) is 20.7 Å². The van der Waals surface area contributed by atoms with Crippen LogP contribution < -0.4 is 10.9 Å². The molecular formula is C20H22FN5O2S. The third-order valence-electron chi connectivity index (χ3n) is 4.92. The van der Waals surface area contributed by atoms with Crippen molar-refractivity contribution in [2.45, 2.75) is 13.5 Å². The molecule has 2 N–H and O–H groups in total. The Hall–Kier alpha value is -2.78. The van der Waals surface area contributed by atoms with E-state index in [-0.39, 0.29) is 17.4 Å². The molecule has 1 aromatic carbocycles. The lowest BCUT2D eigenvalue weighted by Crippen LogP contribution is -2.51. The molecule has 0 bridgehead atoms. The van der Waals surface area contributed by atoms with Crippen LogP contribution in [-0.4, -0.2) is 58.5 Å². The van der Waals surface area contributed by atoms with Gasteiger partial charge in [0.25, 0.3) is 5.56 Å². The molecular weight excluding hydrogens is 393 g/mol. The van der Waals surface area contributed by atoms with Gasteiger partial charge in [0, 0.05) is 37.6 Å². The summed E-state index contributed by atoms with van der Waals surface area (Å²) in [4.78, 5) is 36.8. The molecule has 1 saturated heterocycles. The number of carbonyl (C=O) groups is 1. The van der Waals surface area contributed by atoms with Crippen molar-refractivity contribution in [2.24, 2.45) is 0 Å². The number of urea groups is 1. The van der Waals surface area contributed by atoms with Crippen LogP contribution in [0, 0.1) is 5.82 Å². The van der Waals surface area contributed by atoms with Crippen molar-refractivity contribution in [1.29, 1.82) is 0 Å². The van der Waals surface area contributed by atoms with E-state index in [9.17, 15) is 14.0 Å². The first-order valence-corrected chi connectivity index (χ1v) is 10.4. The maximum absolute atomic E-state index is 13.2. The molecule has 3 aromatic rings. The van der Waals surface area contributed by atoms with Gasteiger partial charge in [-0.05, 0) is 30.7 Å². The molecule has 152 valence electrons. The van der Waals surface area contributed by atoms with Crippen LogP contribution >= 0.6 is 11.3 Å². The summed E-state index contributed by atoms with van der Waals surface area (Å²) in [6.07, 6.45) is 0. The van der Waals surface area contributed by atoms with E-state index in [1.807, 2.05) is 13.0 Å². The fraction of sp³-hybridized carbons (Fsp3) is 0.350. The van der Waals surface area contributed by atoms with Crippen molar-refractivity contribution in [2.75, 3.05) is 32.7 Å². The molecule has 1 aliphatic heterocycles. The summed E-state index contributed by atoms with van der Waals surface area (Å²) in [5.74, 6) is 0.317. The largest absolute Gasteiger partial charge is 0.338 e. The monoisotopic (exact) mass is 415 g/mol. The van der Waals surface area contributed by atoms with Crippen molar-refractivity contribution in [3.05, 3.63) is 52.3 Å². The van der Waals surface area contributed by atoms with Gasteiger partial charge in [0.15, 0.2) is 0 Å². The Morgan fingerprint density at radius 3 is 2.66 bits per heavy atom. The van der Waals surface area contributed by atoms with Crippen LogP contribution in [-0.2, 0) is 6.54 Å². The summed E-state index contributed by atoms with van der Waals surface area (Å²) in [5.41, 5.74) is 1.34. The standard InChI is InChI=1S/C20H22FN5O2S/c1-2-22-20(28)26-9-7-25(8-10-26)12-17-23-15-11-16(29-18(15)19(27)24-17)13-3-5-14(21)6-4-13/h3-6,11H,2,7-10,12H2,1H3,(H,22,28)(H,23,24,27). The van der Waals surface area contributed by atoms with Crippen LogP contribution in [0.3, 0.4) is 0 Å². The normalized spacial score (nSPS) is 15.0. The molecule has 4 rings (SSSR count). The highest BCUT2D eigenvalue weighted by Gasteiger charge is 2.21. The number of hydrogen-bond acceptors (Lipinski definition) is 5. The topological polar surface area (TPSA) is 81.3 Å².